The average Bonchev–Trinajstić information content (AvgIpc) is 2.42. The van der Waals surface area contributed by atoms with Crippen LogP contribution in [-0.2, 0) is 21.3 Å². The second-order valence-corrected chi connectivity index (χ2v) is 6.29. The lowest BCUT2D eigenvalue weighted by atomic mass is 10.2. The van der Waals surface area contributed by atoms with Gasteiger partial charge < -0.3 is 10.5 Å². The Hall–Kier alpha value is -1.85. The maximum atomic E-state index is 11.6. The lowest BCUT2D eigenvalue weighted by Gasteiger charge is -2.07. The molecule has 0 aliphatic carbocycles. The summed E-state index contributed by atoms with van der Waals surface area (Å²) in [5.74, 6) is 0.968. The first kappa shape index (κ1) is 15.5. The van der Waals surface area contributed by atoms with Gasteiger partial charge in [-0.1, -0.05) is 23.7 Å². The monoisotopic (exact) mass is 323 g/mol. The number of hydrogen-bond acceptors (Lipinski definition) is 3. The Labute approximate surface area is 130 Å². The average molecular weight is 324 g/mol. The van der Waals surface area contributed by atoms with E-state index >= 15 is 0 Å². The number of amides is 1. The molecule has 110 valence electrons. The Kier molecular flexibility index (Phi) is 5.36. The largest absolute Gasteiger partial charge is 0.457 e. The van der Waals surface area contributed by atoms with Crippen LogP contribution in [0, 0.1) is 0 Å². The molecule has 0 aliphatic heterocycles. The van der Waals surface area contributed by atoms with E-state index in [1.54, 1.807) is 36.4 Å². The third kappa shape index (κ3) is 5.21. The summed E-state index contributed by atoms with van der Waals surface area (Å²) in [6.07, 6.45) is 0. The molecule has 1 unspecified atom stereocenters. The number of ether oxygens (including phenoxy) is 1. The van der Waals surface area contributed by atoms with Gasteiger partial charge in [-0.15, -0.1) is 0 Å². The van der Waals surface area contributed by atoms with Gasteiger partial charge in [0.05, 0.1) is 0 Å². The molecule has 0 bridgehead atoms. The molecule has 2 aromatic rings. The van der Waals surface area contributed by atoms with Gasteiger partial charge in [-0.3, -0.25) is 9.00 Å². The van der Waals surface area contributed by atoms with Gasteiger partial charge in [-0.05, 0) is 42.0 Å². The zero-order valence-electron chi connectivity index (χ0n) is 11.1. The maximum Gasteiger partial charge on any atom is 0.230 e. The minimum atomic E-state index is -1.28. The Morgan fingerprint density at radius 3 is 2.10 bits per heavy atom. The summed E-state index contributed by atoms with van der Waals surface area (Å²) in [6.45, 7) is 0. The second kappa shape index (κ2) is 7.24. The van der Waals surface area contributed by atoms with Crippen LogP contribution in [0.25, 0.3) is 0 Å². The van der Waals surface area contributed by atoms with Crippen molar-refractivity contribution in [2.75, 3.05) is 5.75 Å². The van der Waals surface area contributed by atoms with Gasteiger partial charge in [0.15, 0.2) is 0 Å². The molecule has 2 N–H and O–H groups in total. The summed E-state index contributed by atoms with van der Waals surface area (Å²) >= 11 is 5.80. The zero-order chi connectivity index (χ0) is 15.2. The molecule has 4 nitrogen and oxygen atoms in total. The van der Waals surface area contributed by atoms with Crippen LogP contribution in [-0.4, -0.2) is 15.9 Å². The summed E-state index contributed by atoms with van der Waals surface area (Å²) in [4.78, 5) is 10.7. The summed E-state index contributed by atoms with van der Waals surface area (Å²) in [7, 11) is -1.28. The van der Waals surface area contributed by atoms with Crippen LogP contribution in [0.5, 0.6) is 11.5 Å². The molecule has 0 saturated heterocycles. The van der Waals surface area contributed by atoms with Crippen molar-refractivity contribution in [3.63, 3.8) is 0 Å². The minimum Gasteiger partial charge on any atom is -0.457 e. The Bertz CT molecular complexity index is 641. The topological polar surface area (TPSA) is 69.4 Å². The fourth-order valence-corrected chi connectivity index (χ4v) is 2.80. The predicted molar refractivity (Wildman–Crippen MR) is 83.9 cm³/mol. The molecular formula is C15H14ClNO3S. The first-order chi connectivity index (χ1) is 10.0. The van der Waals surface area contributed by atoms with Crippen LogP contribution in [0.2, 0.25) is 5.02 Å². The number of primary amides is 1. The zero-order valence-corrected chi connectivity index (χ0v) is 12.7. The van der Waals surface area contributed by atoms with Gasteiger partial charge in [0.2, 0.25) is 5.91 Å². The quantitative estimate of drug-likeness (QED) is 0.888. The summed E-state index contributed by atoms with van der Waals surface area (Å²) in [5, 5.41) is 0.648. The number of nitrogens with two attached hydrogens (primary N) is 1. The number of rotatable bonds is 6. The molecule has 21 heavy (non-hydrogen) atoms. The van der Waals surface area contributed by atoms with Crippen molar-refractivity contribution in [1.82, 2.24) is 0 Å². The van der Waals surface area contributed by atoms with Gasteiger partial charge in [0, 0.05) is 21.6 Å². The number of carbonyl (C=O) groups excluding carboxylic acids is 1. The van der Waals surface area contributed by atoms with E-state index in [-0.39, 0.29) is 5.75 Å². The molecular weight excluding hydrogens is 310 g/mol. The van der Waals surface area contributed by atoms with E-state index in [1.807, 2.05) is 12.1 Å². The molecule has 0 fully saturated rings. The Morgan fingerprint density at radius 2 is 1.57 bits per heavy atom. The van der Waals surface area contributed by atoms with Gasteiger partial charge in [0.25, 0.3) is 0 Å². The predicted octanol–water partition coefficient (Wildman–Crippen LogP) is 2.87. The van der Waals surface area contributed by atoms with Crippen molar-refractivity contribution >= 4 is 28.3 Å². The number of carbonyl (C=O) groups is 1. The highest BCUT2D eigenvalue weighted by molar-refractivity contribution is 7.84. The van der Waals surface area contributed by atoms with Crippen LogP contribution < -0.4 is 10.5 Å². The normalized spacial score (nSPS) is 11.9. The van der Waals surface area contributed by atoms with Gasteiger partial charge in [0.1, 0.15) is 17.3 Å². The Balaban J connectivity index is 1.97. The van der Waals surface area contributed by atoms with Gasteiger partial charge >= 0.3 is 0 Å². The SMILES string of the molecule is NC(=O)CS(=O)Cc1ccc(Oc2ccc(Cl)cc2)cc1. The maximum absolute atomic E-state index is 11.6. The van der Waals surface area contributed by atoms with Crippen molar-refractivity contribution in [3.8, 4) is 11.5 Å². The van der Waals surface area contributed by atoms with E-state index in [1.165, 1.54) is 0 Å². The highest BCUT2D eigenvalue weighted by atomic mass is 35.5. The van der Waals surface area contributed by atoms with Crippen LogP contribution in [0.3, 0.4) is 0 Å². The highest BCUT2D eigenvalue weighted by Gasteiger charge is 2.06. The molecule has 0 radical (unpaired) electrons. The van der Waals surface area contributed by atoms with Crippen LogP contribution in [0.4, 0.5) is 0 Å². The molecule has 0 heterocycles. The minimum absolute atomic E-state index is 0.122. The van der Waals surface area contributed by atoms with E-state index in [0.717, 1.165) is 5.56 Å². The van der Waals surface area contributed by atoms with E-state index in [0.29, 0.717) is 22.3 Å². The molecule has 1 amide bonds. The van der Waals surface area contributed by atoms with E-state index in [9.17, 15) is 9.00 Å². The van der Waals surface area contributed by atoms with Gasteiger partial charge in [-0.2, -0.15) is 0 Å². The summed E-state index contributed by atoms with van der Waals surface area (Å²) < 4.78 is 17.2. The Morgan fingerprint density at radius 1 is 1.05 bits per heavy atom. The molecule has 2 rings (SSSR count). The fourth-order valence-electron chi connectivity index (χ4n) is 1.69. The van der Waals surface area contributed by atoms with E-state index < -0.39 is 16.7 Å². The van der Waals surface area contributed by atoms with Crippen LogP contribution >= 0.6 is 11.6 Å². The molecule has 0 aliphatic rings. The standard InChI is InChI=1S/C15H14ClNO3S/c16-12-3-7-14(8-4-12)20-13-5-1-11(2-6-13)9-21(19)10-15(17)18/h1-8H,9-10H2,(H2,17,18). The second-order valence-electron chi connectivity index (χ2n) is 4.39. The molecule has 6 heteroatoms. The molecule has 1 atom stereocenters. The van der Waals surface area contributed by atoms with Crippen molar-refractivity contribution in [2.45, 2.75) is 5.75 Å². The highest BCUT2D eigenvalue weighted by Crippen LogP contribution is 2.23. The lowest BCUT2D eigenvalue weighted by molar-refractivity contribution is -0.115. The van der Waals surface area contributed by atoms with E-state index in [4.69, 9.17) is 22.1 Å². The summed E-state index contributed by atoms with van der Waals surface area (Å²) in [6, 6.07) is 14.2. The van der Waals surface area contributed by atoms with Crippen molar-refractivity contribution in [3.05, 3.63) is 59.1 Å². The van der Waals surface area contributed by atoms with Crippen molar-refractivity contribution < 1.29 is 13.7 Å². The number of halogens is 1. The number of hydrogen-bond donors (Lipinski definition) is 1. The first-order valence-electron chi connectivity index (χ1n) is 6.18. The fraction of sp³-hybridized carbons (Fsp3) is 0.133. The molecule has 0 aromatic heterocycles. The van der Waals surface area contributed by atoms with Crippen LogP contribution in [0.1, 0.15) is 5.56 Å². The van der Waals surface area contributed by atoms with Gasteiger partial charge in [-0.25, -0.2) is 0 Å². The smallest absolute Gasteiger partial charge is 0.230 e. The van der Waals surface area contributed by atoms with Crippen molar-refractivity contribution in [1.29, 1.82) is 0 Å². The third-order valence-electron chi connectivity index (χ3n) is 2.60. The molecule has 2 aromatic carbocycles. The van der Waals surface area contributed by atoms with Crippen LogP contribution in [0.15, 0.2) is 48.5 Å². The molecule has 0 saturated carbocycles. The van der Waals surface area contributed by atoms with E-state index in [2.05, 4.69) is 0 Å². The third-order valence-corrected chi connectivity index (χ3v) is 4.12. The molecule has 0 spiro atoms. The summed E-state index contributed by atoms with van der Waals surface area (Å²) in [5.41, 5.74) is 5.87. The van der Waals surface area contributed by atoms with Crippen molar-refractivity contribution in [2.24, 2.45) is 5.73 Å². The lowest BCUT2D eigenvalue weighted by Crippen LogP contribution is -2.20. The first-order valence-corrected chi connectivity index (χ1v) is 8.05. The number of benzene rings is 2.